The van der Waals surface area contributed by atoms with Gasteiger partial charge in [0.05, 0.1) is 39.2 Å². The van der Waals surface area contributed by atoms with Crippen molar-refractivity contribution in [3.05, 3.63) is 47.5 Å². The van der Waals surface area contributed by atoms with E-state index in [-0.39, 0.29) is 5.91 Å². The molecule has 0 atom stereocenters. The summed E-state index contributed by atoms with van der Waals surface area (Å²) in [6.07, 6.45) is 4.21. The van der Waals surface area contributed by atoms with Crippen LogP contribution in [-0.2, 0) is 9.53 Å². The Kier molecular flexibility index (Phi) is 8.79. The summed E-state index contributed by atoms with van der Waals surface area (Å²) in [4.78, 5) is 22.4. The molecule has 0 aliphatic carbocycles. The lowest BCUT2D eigenvalue weighted by atomic mass is 10.2. The van der Waals surface area contributed by atoms with Gasteiger partial charge in [0.2, 0.25) is 0 Å². The van der Waals surface area contributed by atoms with Crippen molar-refractivity contribution in [1.29, 1.82) is 0 Å². The molecular formula is C27H33N3O5S. The fourth-order valence-corrected chi connectivity index (χ4v) is 5.25. The molecule has 4 rings (SSSR count). The summed E-state index contributed by atoms with van der Waals surface area (Å²) < 4.78 is 22.7. The van der Waals surface area contributed by atoms with Gasteiger partial charge in [0, 0.05) is 32.3 Å². The molecule has 0 radical (unpaired) electrons. The molecule has 0 spiro atoms. The third-order valence-electron chi connectivity index (χ3n) is 6.19. The number of nitrogens with zero attached hydrogens (tertiary/aromatic N) is 3. The number of methoxy groups -OCH3 is 3. The Morgan fingerprint density at radius 3 is 2.53 bits per heavy atom. The number of rotatable bonds is 10. The third kappa shape index (κ3) is 5.98. The van der Waals surface area contributed by atoms with Crippen LogP contribution in [0.4, 0.5) is 5.13 Å². The largest absolute Gasteiger partial charge is 0.494 e. The number of aryl methyl sites for hydroxylation is 1. The van der Waals surface area contributed by atoms with Crippen LogP contribution in [0, 0.1) is 6.92 Å². The molecule has 0 unspecified atom stereocenters. The fourth-order valence-electron chi connectivity index (χ4n) is 4.17. The average Bonchev–Trinajstić information content (AvgIpc) is 3.36. The van der Waals surface area contributed by atoms with Crippen LogP contribution >= 0.6 is 11.3 Å². The summed E-state index contributed by atoms with van der Waals surface area (Å²) in [6.45, 7) is 6.87. The van der Waals surface area contributed by atoms with Gasteiger partial charge in [0.25, 0.3) is 5.91 Å². The van der Waals surface area contributed by atoms with E-state index in [1.165, 1.54) is 11.3 Å². The molecule has 1 aliphatic rings. The van der Waals surface area contributed by atoms with Crippen LogP contribution in [0.15, 0.2) is 36.4 Å². The van der Waals surface area contributed by atoms with Crippen LogP contribution < -0.4 is 19.1 Å². The van der Waals surface area contributed by atoms with Crippen molar-refractivity contribution in [1.82, 2.24) is 9.88 Å². The number of carbonyl (C=O) groups excluding carboxylic acids is 1. The Morgan fingerprint density at radius 2 is 1.81 bits per heavy atom. The first-order valence-electron chi connectivity index (χ1n) is 12.0. The van der Waals surface area contributed by atoms with Crippen LogP contribution in [0.3, 0.4) is 0 Å². The van der Waals surface area contributed by atoms with Crippen molar-refractivity contribution in [3.8, 4) is 17.2 Å². The minimum atomic E-state index is -0.123. The van der Waals surface area contributed by atoms with E-state index < -0.39 is 0 Å². The van der Waals surface area contributed by atoms with Crippen LogP contribution in [-0.4, -0.2) is 76.5 Å². The number of fused-ring (bicyclic) bond motifs is 1. The molecule has 8 nitrogen and oxygen atoms in total. The van der Waals surface area contributed by atoms with Gasteiger partial charge in [-0.25, -0.2) is 4.98 Å². The standard InChI is InChI=1S/C27H33N3O5S/c1-19-6-9-22(33-3)25-26(19)36-27(28-25)30(13-5-12-29-14-16-35-17-15-29)24(31)11-8-20-7-10-21(32-2)23(18-20)34-4/h6-11,18H,5,12-17H2,1-4H3/b11-8+. The number of amides is 1. The smallest absolute Gasteiger partial charge is 0.252 e. The minimum Gasteiger partial charge on any atom is -0.494 e. The second-order valence-corrected chi connectivity index (χ2v) is 9.48. The van der Waals surface area contributed by atoms with Crippen LogP contribution in [0.1, 0.15) is 17.5 Å². The van der Waals surface area contributed by atoms with Gasteiger partial charge in [-0.3, -0.25) is 14.6 Å². The molecule has 1 aromatic heterocycles. The van der Waals surface area contributed by atoms with Gasteiger partial charge in [-0.15, -0.1) is 0 Å². The quantitative estimate of drug-likeness (QED) is 0.374. The van der Waals surface area contributed by atoms with E-state index in [4.69, 9.17) is 23.9 Å². The minimum absolute atomic E-state index is 0.123. The first kappa shape index (κ1) is 25.9. The Labute approximate surface area is 216 Å². The van der Waals surface area contributed by atoms with E-state index in [1.807, 2.05) is 37.3 Å². The number of benzene rings is 2. The second kappa shape index (κ2) is 12.2. The molecule has 2 aromatic carbocycles. The Morgan fingerprint density at radius 1 is 1.08 bits per heavy atom. The highest BCUT2D eigenvalue weighted by molar-refractivity contribution is 7.22. The molecule has 9 heteroatoms. The van der Waals surface area contributed by atoms with Gasteiger partial charge in [-0.2, -0.15) is 0 Å². The second-order valence-electron chi connectivity index (χ2n) is 8.50. The lowest BCUT2D eigenvalue weighted by molar-refractivity contribution is -0.114. The van der Waals surface area contributed by atoms with Crippen molar-refractivity contribution in [2.75, 3.05) is 65.6 Å². The molecule has 1 amide bonds. The third-order valence-corrected chi connectivity index (χ3v) is 7.41. The molecule has 192 valence electrons. The summed E-state index contributed by atoms with van der Waals surface area (Å²) in [7, 11) is 4.83. The van der Waals surface area contributed by atoms with Gasteiger partial charge >= 0.3 is 0 Å². The topological polar surface area (TPSA) is 73.4 Å². The van der Waals surface area contributed by atoms with Crippen molar-refractivity contribution in [2.45, 2.75) is 13.3 Å². The maximum absolute atomic E-state index is 13.5. The van der Waals surface area contributed by atoms with Crippen molar-refractivity contribution < 1.29 is 23.7 Å². The summed E-state index contributed by atoms with van der Waals surface area (Å²) in [5, 5.41) is 0.668. The van der Waals surface area contributed by atoms with Crippen LogP contribution in [0.5, 0.6) is 17.2 Å². The van der Waals surface area contributed by atoms with Gasteiger partial charge < -0.3 is 18.9 Å². The molecule has 0 bridgehead atoms. The maximum atomic E-state index is 13.5. The molecule has 0 N–H and O–H groups in total. The Hall–Kier alpha value is -3.14. The number of thiazole rings is 1. The lowest BCUT2D eigenvalue weighted by Gasteiger charge is -2.27. The first-order chi connectivity index (χ1) is 17.5. The summed E-state index contributed by atoms with van der Waals surface area (Å²) in [5.74, 6) is 1.84. The predicted octanol–water partition coefficient (Wildman–Crippen LogP) is 4.40. The maximum Gasteiger partial charge on any atom is 0.252 e. The normalized spacial score (nSPS) is 14.3. The number of hydrogen-bond acceptors (Lipinski definition) is 8. The van der Waals surface area contributed by atoms with Gasteiger partial charge in [-0.1, -0.05) is 23.5 Å². The Bertz CT molecular complexity index is 1220. The van der Waals surface area contributed by atoms with Crippen molar-refractivity contribution >= 4 is 38.7 Å². The first-order valence-corrected chi connectivity index (χ1v) is 12.8. The van der Waals surface area contributed by atoms with Crippen LogP contribution in [0.25, 0.3) is 16.3 Å². The number of carbonyl (C=O) groups is 1. The number of hydrogen-bond donors (Lipinski definition) is 0. The van der Waals surface area contributed by atoms with E-state index >= 15 is 0 Å². The van der Waals surface area contributed by atoms with Crippen LogP contribution in [0.2, 0.25) is 0 Å². The average molecular weight is 512 g/mol. The zero-order valence-electron chi connectivity index (χ0n) is 21.3. The fraction of sp³-hybridized carbons (Fsp3) is 0.407. The summed E-state index contributed by atoms with van der Waals surface area (Å²) >= 11 is 1.52. The number of aromatic nitrogens is 1. The molecule has 1 fully saturated rings. The molecule has 1 aliphatic heterocycles. The lowest BCUT2D eigenvalue weighted by Crippen LogP contribution is -2.39. The molecule has 2 heterocycles. The van der Waals surface area contributed by atoms with Crippen molar-refractivity contribution in [3.63, 3.8) is 0 Å². The zero-order chi connectivity index (χ0) is 25.5. The van der Waals surface area contributed by atoms with Gasteiger partial charge in [0.15, 0.2) is 16.6 Å². The number of ether oxygens (including phenoxy) is 4. The highest BCUT2D eigenvalue weighted by Crippen LogP contribution is 2.36. The van der Waals surface area contributed by atoms with E-state index in [2.05, 4.69) is 4.90 Å². The zero-order valence-corrected chi connectivity index (χ0v) is 22.1. The molecule has 3 aromatic rings. The van der Waals surface area contributed by atoms with Gasteiger partial charge in [-0.05, 0) is 48.7 Å². The Balaban J connectivity index is 1.58. The highest BCUT2D eigenvalue weighted by Gasteiger charge is 2.21. The highest BCUT2D eigenvalue weighted by atomic mass is 32.1. The molecule has 36 heavy (non-hydrogen) atoms. The predicted molar refractivity (Wildman–Crippen MR) is 144 cm³/mol. The van der Waals surface area contributed by atoms with E-state index in [9.17, 15) is 4.79 Å². The summed E-state index contributed by atoms with van der Waals surface area (Å²) in [6, 6.07) is 9.50. The van der Waals surface area contributed by atoms with E-state index in [0.717, 1.165) is 60.6 Å². The molecule has 1 saturated heterocycles. The SMILES string of the molecule is COc1ccc(/C=C/C(=O)N(CCCN2CCOCC2)c2nc3c(OC)ccc(C)c3s2)cc1OC. The number of anilines is 1. The van der Waals surface area contributed by atoms with Gasteiger partial charge in [0.1, 0.15) is 11.3 Å². The number of morpholine rings is 1. The summed E-state index contributed by atoms with van der Waals surface area (Å²) in [5.41, 5.74) is 2.74. The molecule has 0 saturated carbocycles. The monoisotopic (exact) mass is 511 g/mol. The van der Waals surface area contributed by atoms with E-state index in [1.54, 1.807) is 38.4 Å². The molecular weight excluding hydrogens is 478 g/mol. The van der Waals surface area contributed by atoms with Crippen molar-refractivity contribution in [2.24, 2.45) is 0 Å². The van der Waals surface area contributed by atoms with E-state index in [0.29, 0.717) is 28.9 Å².